The molecule has 0 aliphatic heterocycles. The Labute approximate surface area is 135 Å². The monoisotopic (exact) mass is 327 g/mol. The largest absolute Gasteiger partial charge is 0.360 e. The quantitative estimate of drug-likeness (QED) is 0.727. The van der Waals surface area contributed by atoms with E-state index in [1.807, 2.05) is 37.3 Å². The third kappa shape index (κ3) is 3.05. The molecule has 0 N–H and O–H groups in total. The lowest BCUT2D eigenvalue weighted by atomic mass is 9.98. The predicted octanol–water partition coefficient (Wildman–Crippen LogP) is 3.97. The van der Waals surface area contributed by atoms with Crippen molar-refractivity contribution in [1.82, 2.24) is 5.16 Å². The SMILES string of the molecule is CCc1onc(-c2ccccc2)c1-c1ccc(S(C)(=O)=O)cc1. The van der Waals surface area contributed by atoms with Crippen molar-refractivity contribution in [3.8, 4) is 22.4 Å². The Kier molecular flexibility index (Phi) is 4.05. The number of sulfone groups is 1. The lowest BCUT2D eigenvalue weighted by molar-refractivity contribution is 0.389. The summed E-state index contributed by atoms with van der Waals surface area (Å²) in [5.74, 6) is 0.788. The summed E-state index contributed by atoms with van der Waals surface area (Å²) in [5.41, 5.74) is 3.56. The van der Waals surface area contributed by atoms with Gasteiger partial charge in [0.1, 0.15) is 11.5 Å². The molecular weight excluding hydrogens is 310 g/mol. The maximum Gasteiger partial charge on any atom is 0.175 e. The Morgan fingerprint density at radius 3 is 2.17 bits per heavy atom. The van der Waals surface area contributed by atoms with E-state index in [4.69, 9.17) is 4.52 Å². The average molecular weight is 327 g/mol. The highest BCUT2D eigenvalue weighted by molar-refractivity contribution is 7.90. The third-order valence-corrected chi connectivity index (χ3v) is 4.83. The van der Waals surface area contributed by atoms with Crippen molar-refractivity contribution in [3.63, 3.8) is 0 Å². The van der Waals surface area contributed by atoms with E-state index in [1.54, 1.807) is 24.3 Å². The van der Waals surface area contributed by atoms with Crippen LogP contribution < -0.4 is 0 Å². The first kappa shape index (κ1) is 15.5. The minimum Gasteiger partial charge on any atom is -0.360 e. The van der Waals surface area contributed by atoms with Gasteiger partial charge in [-0.25, -0.2) is 8.42 Å². The van der Waals surface area contributed by atoms with Crippen molar-refractivity contribution in [2.75, 3.05) is 6.26 Å². The van der Waals surface area contributed by atoms with Gasteiger partial charge in [0.25, 0.3) is 0 Å². The van der Waals surface area contributed by atoms with E-state index in [0.29, 0.717) is 11.3 Å². The van der Waals surface area contributed by atoms with E-state index < -0.39 is 9.84 Å². The molecule has 0 amide bonds. The van der Waals surface area contributed by atoms with Gasteiger partial charge in [-0.3, -0.25) is 0 Å². The fourth-order valence-electron chi connectivity index (χ4n) is 2.52. The van der Waals surface area contributed by atoms with Gasteiger partial charge in [0.2, 0.25) is 0 Å². The number of aromatic nitrogens is 1. The van der Waals surface area contributed by atoms with Crippen LogP contribution >= 0.6 is 0 Å². The molecule has 23 heavy (non-hydrogen) atoms. The number of hydrogen-bond donors (Lipinski definition) is 0. The molecule has 1 aromatic heterocycles. The minimum atomic E-state index is -3.21. The Bertz CT molecular complexity index is 911. The summed E-state index contributed by atoms with van der Waals surface area (Å²) in [6.07, 6.45) is 1.91. The Hall–Kier alpha value is -2.40. The van der Waals surface area contributed by atoms with Crippen LogP contribution in [0.1, 0.15) is 12.7 Å². The molecule has 0 spiro atoms. The predicted molar refractivity (Wildman–Crippen MR) is 89.9 cm³/mol. The molecular formula is C18H17NO3S. The summed E-state index contributed by atoms with van der Waals surface area (Å²) in [7, 11) is -3.21. The van der Waals surface area contributed by atoms with Crippen molar-refractivity contribution in [1.29, 1.82) is 0 Å². The first-order chi connectivity index (χ1) is 11.0. The van der Waals surface area contributed by atoms with Crippen LogP contribution in [0.2, 0.25) is 0 Å². The third-order valence-electron chi connectivity index (χ3n) is 3.70. The zero-order valence-corrected chi connectivity index (χ0v) is 13.8. The van der Waals surface area contributed by atoms with Crippen molar-refractivity contribution in [2.24, 2.45) is 0 Å². The summed E-state index contributed by atoms with van der Waals surface area (Å²) < 4.78 is 28.7. The molecule has 0 saturated heterocycles. The van der Waals surface area contributed by atoms with E-state index >= 15 is 0 Å². The lowest BCUT2D eigenvalue weighted by Crippen LogP contribution is -1.96. The molecule has 0 bridgehead atoms. The lowest BCUT2D eigenvalue weighted by Gasteiger charge is -2.05. The standard InChI is InChI=1S/C18H17NO3S/c1-3-16-17(13-9-11-15(12-10-13)23(2,20)21)18(19-22-16)14-7-5-4-6-8-14/h4-12H,3H2,1-2H3. The first-order valence-electron chi connectivity index (χ1n) is 7.35. The Balaban J connectivity index is 2.14. The van der Waals surface area contributed by atoms with Crippen molar-refractivity contribution >= 4 is 9.84 Å². The molecule has 118 valence electrons. The second kappa shape index (κ2) is 6.01. The molecule has 4 nitrogen and oxygen atoms in total. The molecule has 0 atom stereocenters. The maximum atomic E-state index is 11.6. The van der Waals surface area contributed by atoms with Crippen LogP contribution in [0.25, 0.3) is 22.4 Å². The Morgan fingerprint density at radius 2 is 1.61 bits per heavy atom. The van der Waals surface area contributed by atoms with Gasteiger partial charge in [0.05, 0.1) is 10.5 Å². The van der Waals surface area contributed by atoms with Gasteiger partial charge in [-0.05, 0) is 17.7 Å². The summed E-state index contributed by atoms with van der Waals surface area (Å²) in [5, 5.41) is 4.21. The molecule has 0 aliphatic carbocycles. The summed E-state index contributed by atoms with van der Waals surface area (Å²) in [6, 6.07) is 16.6. The molecule has 0 saturated carbocycles. The van der Waals surface area contributed by atoms with Crippen LogP contribution in [0.15, 0.2) is 64.0 Å². The van der Waals surface area contributed by atoms with Crippen LogP contribution in [-0.4, -0.2) is 19.8 Å². The van der Waals surface area contributed by atoms with Gasteiger partial charge in [0.15, 0.2) is 9.84 Å². The number of hydrogen-bond acceptors (Lipinski definition) is 4. The van der Waals surface area contributed by atoms with Crippen molar-refractivity contribution in [3.05, 3.63) is 60.4 Å². The van der Waals surface area contributed by atoms with E-state index in [2.05, 4.69) is 5.16 Å². The van der Waals surface area contributed by atoms with Gasteiger partial charge in [0, 0.05) is 18.2 Å². The number of benzene rings is 2. The van der Waals surface area contributed by atoms with Gasteiger partial charge in [-0.15, -0.1) is 0 Å². The Morgan fingerprint density at radius 1 is 0.957 bits per heavy atom. The van der Waals surface area contributed by atoms with Crippen LogP contribution in [0.5, 0.6) is 0 Å². The van der Waals surface area contributed by atoms with E-state index in [0.717, 1.165) is 28.1 Å². The molecule has 0 fully saturated rings. The summed E-state index contributed by atoms with van der Waals surface area (Å²) in [4.78, 5) is 0.303. The van der Waals surface area contributed by atoms with E-state index in [-0.39, 0.29) is 0 Å². The fraction of sp³-hybridized carbons (Fsp3) is 0.167. The smallest absolute Gasteiger partial charge is 0.175 e. The number of nitrogens with zero attached hydrogens (tertiary/aromatic N) is 1. The van der Waals surface area contributed by atoms with Crippen LogP contribution in [0.3, 0.4) is 0 Å². The molecule has 2 aromatic carbocycles. The zero-order valence-electron chi connectivity index (χ0n) is 13.0. The molecule has 5 heteroatoms. The molecule has 0 aliphatic rings. The molecule has 0 unspecified atom stereocenters. The zero-order chi connectivity index (χ0) is 16.4. The number of aryl methyl sites for hydroxylation is 1. The van der Waals surface area contributed by atoms with Crippen LogP contribution in [0.4, 0.5) is 0 Å². The van der Waals surface area contributed by atoms with Crippen molar-refractivity contribution in [2.45, 2.75) is 18.2 Å². The molecule has 0 radical (unpaired) electrons. The van der Waals surface area contributed by atoms with Gasteiger partial charge in [-0.2, -0.15) is 0 Å². The highest BCUT2D eigenvalue weighted by atomic mass is 32.2. The van der Waals surface area contributed by atoms with E-state index in [1.165, 1.54) is 6.26 Å². The van der Waals surface area contributed by atoms with Gasteiger partial charge < -0.3 is 4.52 Å². The highest BCUT2D eigenvalue weighted by Crippen LogP contribution is 2.35. The topological polar surface area (TPSA) is 60.2 Å². The first-order valence-corrected chi connectivity index (χ1v) is 9.24. The van der Waals surface area contributed by atoms with Crippen LogP contribution in [-0.2, 0) is 16.3 Å². The summed E-state index contributed by atoms with van der Waals surface area (Å²) >= 11 is 0. The van der Waals surface area contributed by atoms with Gasteiger partial charge in [-0.1, -0.05) is 54.5 Å². The second-order valence-corrected chi connectivity index (χ2v) is 7.36. The molecule has 1 heterocycles. The highest BCUT2D eigenvalue weighted by Gasteiger charge is 2.18. The molecule has 3 aromatic rings. The minimum absolute atomic E-state index is 0.303. The second-order valence-electron chi connectivity index (χ2n) is 5.35. The fourth-order valence-corrected chi connectivity index (χ4v) is 3.16. The molecule has 3 rings (SSSR count). The average Bonchev–Trinajstić information content (AvgIpc) is 2.99. The van der Waals surface area contributed by atoms with Gasteiger partial charge >= 0.3 is 0 Å². The maximum absolute atomic E-state index is 11.6. The van der Waals surface area contributed by atoms with Crippen molar-refractivity contribution < 1.29 is 12.9 Å². The number of rotatable bonds is 4. The summed E-state index contributed by atoms with van der Waals surface area (Å²) in [6.45, 7) is 2.00. The normalized spacial score (nSPS) is 11.6. The van der Waals surface area contributed by atoms with Crippen LogP contribution in [0, 0.1) is 0 Å². The van der Waals surface area contributed by atoms with E-state index in [9.17, 15) is 8.42 Å².